The molecule has 0 radical (unpaired) electrons. The van der Waals surface area contributed by atoms with E-state index in [0.717, 1.165) is 27.3 Å². The highest BCUT2D eigenvalue weighted by atomic mass is 32.2. The molecule has 0 spiro atoms. The van der Waals surface area contributed by atoms with Crippen molar-refractivity contribution in [2.24, 2.45) is 0 Å². The fourth-order valence-corrected chi connectivity index (χ4v) is 3.66. The summed E-state index contributed by atoms with van der Waals surface area (Å²) in [6.07, 6.45) is 0. The maximum absolute atomic E-state index is 12.4. The van der Waals surface area contributed by atoms with E-state index in [1.54, 1.807) is 0 Å². The van der Waals surface area contributed by atoms with Gasteiger partial charge in [-0.2, -0.15) is 0 Å². The number of anilines is 1. The Bertz CT molecular complexity index is 794. The molecule has 0 heterocycles. The first kappa shape index (κ1) is 21.4. The lowest BCUT2D eigenvalue weighted by molar-refractivity contribution is -0.113. The van der Waals surface area contributed by atoms with Gasteiger partial charge in [0, 0.05) is 21.7 Å². The molecule has 2 N–H and O–H groups in total. The van der Waals surface area contributed by atoms with Crippen LogP contribution in [-0.4, -0.2) is 16.8 Å². The Balaban J connectivity index is 2.23. The number of aryl methyl sites for hydroxylation is 1. The number of para-hydroxylation sites is 1. The van der Waals surface area contributed by atoms with Gasteiger partial charge in [-0.05, 0) is 41.5 Å². The van der Waals surface area contributed by atoms with Gasteiger partial charge in [0.25, 0.3) is 0 Å². The highest BCUT2D eigenvalue weighted by molar-refractivity contribution is 8.00. The number of benzene rings is 2. The molecule has 0 bridgehead atoms. The van der Waals surface area contributed by atoms with Gasteiger partial charge in [0.2, 0.25) is 5.91 Å². The molecule has 0 unspecified atom stereocenters. The highest BCUT2D eigenvalue weighted by Crippen LogP contribution is 2.41. The van der Waals surface area contributed by atoms with Crippen molar-refractivity contribution < 1.29 is 9.90 Å². The number of carbonyl (C=O) groups is 1. The van der Waals surface area contributed by atoms with Crippen LogP contribution in [0.2, 0.25) is 0 Å². The molecule has 27 heavy (non-hydrogen) atoms. The molecule has 2 aromatic rings. The summed E-state index contributed by atoms with van der Waals surface area (Å²) >= 11 is 1.50. The van der Waals surface area contributed by atoms with E-state index < -0.39 is 0 Å². The topological polar surface area (TPSA) is 49.3 Å². The summed E-state index contributed by atoms with van der Waals surface area (Å²) in [5, 5.41) is 13.8. The predicted octanol–water partition coefficient (Wildman–Crippen LogP) is 6.03. The van der Waals surface area contributed by atoms with Crippen molar-refractivity contribution in [3.8, 4) is 5.75 Å². The Kier molecular flexibility index (Phi) is 6.31. The van der Waals surface area contributed by atoms with Gasteiger partial charge >= 0.3 is 0 Å². The van der Waals surface area contributed by atoms with Crippen molar-refractivity contribution in [1.82, 2.24) is 0 Å². The minimum absolute atomic E-state index is 0.0306. The second-order valence-corrected chi connectivity index (χ2v) is 10.1. The van der Waals surface area contributed by atoms with Crippen molar-refractivity contribution in [2.45, 2.75) is 64.2 Å². The molecule has 2 aromatic carbocycles. The summed E-state index contributed by atoms with van der Waals surface area (Å²) in [6.45, 7) is 14.5. The molecule has 146 valence electrons. The zero-order valence-corrected chi connectivity index (χ0v) is 18.3. The number of nitrogens with one attached hydrogen (secondary N) is 1. The Morgan fingerprint density at radius 1 is 1.00 bits per heavy atom. The van der Waals surface area contributed by atoms with Crippen LogP contribution < -0.4 is 5.32 Å². The molecule has 0 saturated carbocycles. The smallest absolute Gasteiger partial charge is 0.234 e. The standard InChI is InChI=1S/C23H31NO2S/c1-15-10-8-9-11-19(15)24-20(25)14-27-16-12-17(22(2,3)4)21(26)18(13-16)23(5,6)7/h8-13,26H,14H2,1-7H3,(H,24,25). The van der Waals surface area contributed by atoms with Crippen molar-refractivity contribution in [1.29, 1.82) is 0 Å². The molecular weight excluding hydrogens is 354 g/mol. The van der Waals surface area contributed by atoms with Gasteiger partial charge in [0.15, 0.2) is 0 Å². The van der Waals surface area contributed by atoms with Gasteiger partial charge in [0.05, 0.1) is 5.75 Å². The lowest BCUT2D eigenvalue weighted by atomic mass is 9.79. The fourth-order valence-electron chi connectivity index (χ4n) is 2.88. The van der Waals surface area contributed by atoms with Gasteiger partial charge in [-0.1, -0.05) is 59.7 Å². The minimum atomic E-state index is -0.177. The van der Waals surface area contributed by atoms with Gasteiger partial charge in [-0.3, -0.25) is 4.79 Å². The van der Waals surface area contributed by atoms with E-state index in [1.165, 1.54) is 11.8 Å². The van der Waals surface area contributed by atoms with Crippen LogP contribution in [0.4, 0.5) is 5.69 Å². The summed E-state index contributed by atoms with van der Waals surface area (Å²) in [7, 11) is 0. The Morgan fingerprint density at radius 2 is 1.52 bits per heavy atom. The zero-order valence-electron chi connectivity index (χ0n) is 17.4. The number of amides is 1. The van der Waals surface area contributed by atoms with E-state index in [9.17, 15) is 9.90 Å². The van der Waals surface area contributed by atoms with Crippen LogP contribution in [0, 0.1) is 6.92 Å². The molecule has 0 aliphatic rings. The number of hydrogen-bond donors (Lipinski definition) is 2. The average molecular weight is 386 g/mol. The summed E-state index contributed by atoms with van der Waals surface area (Å²) in [5.41, 5.74) is 3.37. The summed E-state index contributed by atoms with van der Waals surface area (Å²) < 4.78 is 0. The Morgan fingerprint density at radius 3 is 2.00 bits per heavy atom. The van der Waals surface area contributed by atoms with Crippen LogP contribution in [-0.2, 0) is 15.6 Å². The monoisotopic (exact) mass is 385 g/mol. The van der Waals surface area contributed by atoms with Crippen molar-refractivity contribution in [3.63, 3.8) is 0 Å². The van der Waals surface area contributed by atoms with E-state index in [4.69, 9.17) is 0 Å². The van der Waals surface area contributed by atoms with Crippen molar-refractivity contribution in [3.05, 3.63) is 53.1 Å². The Hall–Kier alpha value is -1.94. The van der Waals surface area contributed by atoms with E-state index in [1.807, 2.05) is 43.3 Å². The third kappa shape index (κ3) is 5.52. The molecule has 2 rings (SSSR count). The summed E-state index contributed by atoms with van der Waals surface area (Å²) in [6, 6.07) is 11.8. The first-order chi connectivity index (χ1) is 12.4. The van der Waals surface area contributed by atoms with E-state index in [0.29, 0.717) is 11.5 Å². The fraction of sp³-hybridized carbons (Fsp3) is 0.435. The van der Waals surface area contributed by atoms with E-state index in [-0.39, 0.29) is 16.7 Å². The first-order valence-corrected chi connectivity index (χ1v) is 10.2. The number of rotatable bonds is 4. The van der Waals surface area contributed by atoms with Crippen LogP contribution in [0.5, 0.6) is 5.75 Å². The summed E-state index contributed by atoms with van der Waals surface area (Å²) in [4.78, 5) is 13.4. The van der Waals surface area contributed by atoms with Crippen LogP contribution in [0.25, 0.3) is 0 Å². The lowest BCUT2D eigenvalue weighted by Crippen LogP contribution is -2.18. The number of phenolic OH excluding ortho intramolecular Hbond substituents is 1. The van der Waals surface area contributed by atoms with Gasteiger partial charge in [-0.25, -0.2) is 0 Å². The molecule has 3 nitrogen and oxygen atoms in total. The van der Waals surface area contributed by atoms with Crippen LogP contribution >= 0.6 is 11.8 Å². The molecule has 0 aromatic heterocycles. The quantitative estimate of drug-likeness (QED) is 0.632. The van der Waals surface area contributed by atoms with Gasteiger partial charge < -0.3 is 10.4 Å². The van der Waals surface area contributed by atoms with Gasteiger partial charge in [0.1, 0.15) is 5.75 Å². The zero-order chi connectivity index (χ0) is 20.4. The van der Waals surface area contributed by atoms with E-state index >= 15 is 0 Å². The number of phenols is 1. The number of hydrogen-bond acceptors (Lipinski definition) is 3. The minimum Gasteiger partial charge on any atom is -0.507 e. The number of aromatic hydroxyl groups is 1. The number of thioether (sulfide) groups is 1. The Labute approximate surface area is 167 Å². The molecule has 0 fully saturated rings. The molecule has 4 heteroatoms. The van der Waals surface area contributed by atoms with Crippen LogP contribution in [0.1, 0.15) is 58.2 Å². The molecule has 1 amide bonds. The van der Waals surface area contributed by atoms with Crippen molar-refractivity contribution in [2.75, 3.05) is 11.1 Å². The molecule has 0 aliphatic heterocycles. The normalized spacial score (nSPS) is 12.1. The second kappa shape index (κ2) is 7.97. The molecule has 0 saturated heterocycles. The predicted molar refractivity (Wildman–Crippen MR) is 116 cm³/mol. The van der Waals surface area contributed by atoms with E-state index in [2.05, 4.69) is 46.9 Å². The number of carbonyl (C=O) groups excluding carboxylic acids is 1. The average Bonchev–Trinajstić information content (AvgIpc) is 2.54. The largest absolute Gasteiger partial charge is 0.507 e. The third-order valence-corrected chi connectivity index (χ3v) is 5.46. The molecule has 0 aliphatic carbocycles. The van der Waals surface area contributed by atoms with Crippen LogP contribution in [0.3, 0.4) is 0 Å². The molecular formula is C23H31NO2S. The maximum Gasteiger partial charge on any atom is 0.234 e. The van der Waals surface area contributed by atoms with Gasteiger partial charge in [-0.15, -0.1) is 11.8 Å². The third-order valence-electron chi connectivity index (χ3n) is 4.49. The van der Waals surface area contributed by atoms with Crippen LogP contribution in [0.15, 0.2) is 41.3 Å². The lowest BCUT2D eigenvalue weighted by Gasteiger charge is -2.28. The highest BCUT2D eigenvalue weighted by Gasteiger charge is 2.26. The summed E-state index contributed by atoms with van der Waals surface area (Å²) in [5.74, 6) is 0.660. The van der Waals surface area contributed by atoms with Crippen molar-refractivity contribution >= 4 is 23.4 Å². The molecule has 0 atom stereocenters. The second-order valence-electron chi connectivity index (χ2n) is 9.02. The first-order valence-electron chi connectivity index (χ1n) is 9.26. The SMILES string of the molecule is Cc1ccccc1NC(=O)CSc1cc(C(C)(C)C)c(O)c(C(C)(C)C)c1. The maximum atomic E-state index is 12.4.